The number of carbonyl (C=O) groups excluding carboxylic acids is 1. The van der Waals surface area contributed by atoms with Crippen LogP contribution in [0, 0.1) is 0 Å². The molecule has 0 spiro atoms. The summed E-state index contributed by atoms with van der Waals surface area (Å²) in [6.45, 7) is 3.96. The molecule has 0 aromatic rings. The Morgan fingerprint density at radius 3 is 2.45 bits per heavy atom. The molecule has 2 bridgehead atoms. The second-order valence-electron chi connectivity index (χ2n) is 7.02. The lowest BCUT2D eigenvalue weighted by Crippen LogP contribution is -2.48. The van der Waals surface area contributed by atoms with E-state index in [0.29, 0.717) is 18.2 Å². The van der Waals surface area contributed by atoms with Crippen molar-refractivity contribution in [3.8, 4) is 0 Å². The number of ether oxygens (including phenoxy) is 1. The van der Waals surface area contributed by atoms with Crippen molar-refractivity contribution in [2.24, 2.45) is 0 Å². The van der Waals surface area contributed by atoms with Gasteiger partial charge in [0.1, 0.15) is 6.10 Å². The molecule has 3 aliphatic rings. The predicted molar refractivity (Wildman–Crippen MR) is 90.4 cm³/mol. The van der Waals surface area contributed by atoms with Gasteiger partial charge in [0.25, 0.3) is 5.91 Å². The maximum absolute atomic E-state index is 12.8. The first-order valence-corrected chi connectivity index (χ1v) is 8.94. The minimum Gasteiger partial charge on any atom is -0.365 e. The average Bonchev–Trinajstić information content (AvgIpc) is 2.64. The lowest BCUT2D eigenvalue weighted by atomic mass is 10.1. The topological polar surface area (TPSA) is 41.6 Å². The van der Waals surface area contributed by atoms with Crippen molar-refractivity contribution < 1.29 is 9.53 Å². The quantitative estimate of drug-likeness (QED) is 0.809. The van der Waals surface area contributed by atoms with Crippen LogP contribution >= 0.6 is 12.4 Å². The zero-order chi connectivity index (χ0) is 14.7. The van der Waals surface area contributed by atoms with E-state index >= 15 is 0 Å². The monoisotopic (exact) mass is 330 g/mol. The van der Waals surface area contributed by atoms with Crippen LogP contribution in [0.2, 0.25) is 0 Å². The fourth-order valence-electron chi connectivity index (χ4n) is 4.28. The molecule has 2 aliphatic heterocycles. The highest BCUT2D eigenvalue weighted by Gasteiger charge is 2.40. The number of halogens is 1. The van der Waals surface area contributed by atoms with Crippen molar-refractivity contribution in [1.82, 2.24) is 10.2 Å². The van der Waals surface area contributed by atoms with Crippen LogP contribution in [0.5, 0.6) is 0 Å². The van der Waals surface area contributed by atoms with Crippen molar-refractivity contribution in [3.05, 3.63) is 0 Å². The highest BCUT2D eigenvalue weighted by molar-refractivity contribution is 5.85. The molecule has 3 rings (SSSR count). The van der Waals surface area contributed by atoms with Crippen molar-refractivity contribution in [2.45, 2.75) is 89.0 Å². The zero-order valence-electron chi connectivity index (χ0n) is 13.8. The lowest BCUT2D eigenvalue weighted by Gasteiger charge is -2.31. The number of fused-ring (bicyclic) bond motifs is 2. The summed E-state index contributed by atoms with van der Waals surface area (Å²) in [5.41, 5.74) is 0. The van der Waals surface area contributed by atoms with Gasteiger partial charge in [0.2, 0.25) is 0 Å². The SMILES string of the molecule is CC(OC1CCCCCC1)C(=O)N1C2CCNCC1CC2.Cl. The van der Waals surface area contributed by atoms with Gasteiger partial charge in [-0.1, -0.05) is 25.7 Å². The van der Waals surface area contributed by atoms with Crippen molar-refractivity contribution in [3.63, 3.8) is 0 Å². The molecule has 3 fully saturated rings. The maximum atomic E-state index is 12.8. The molecule has 0 aromatic carbocycles. The van der Waals surface area contributed by atoms with E-state index in [9.17, 15) is 4.79 Å². The molecule has 1 amide bonds. The Balaban J connectivity index is 0.00000176. The molecule has 1 saturated carbocycles. The van der Waals surface area contributed by atoms with E-state index in [2.05, 4.69) is 10.2 Å². The molecule has 0 aromatic heterocycles. The van der Waals surface area contributed by atoms with E-state index < -0.39 is 0 Å². The molecule has 3 unspecified atom stereocenters. The van der Waals surface area contributed by atoms with E-state index in [4.69, 9.17) is 4.74 Å². The second kappa shape index (κ2) is 8.51. The number of carbonyl (C=O) groups is 1. The van der Waals surface area contributed by atoms with Crippen LogP contribution in [0.4, 0.5) is 0 Å². The van der Waals surface area contributed by atoms with Gasteiger partial charge in [0.15, 0.2) is 0 Å². The molecule has 5 heteroatoms. The predicted octanol–water partition coefficient (Wildman–Crippen LogP) is 2.89. The molecule has 4 nitrogen and oxygen atoms in total. The second-order valence-corrected chi connectivity index (χ2v) is 7.02. The Labute approximate surface area is 140 Å². The standard InChI is InChI=1S/C17H30N2O2.ClH/c1-13(21-16-6-4-2-3-5-7-16)17(20)19-14-8-9-15(19)12-18-11-10-14;/h13-16,18H,2-12H2,1H3;1H. The van der Waals surface area contributed by atoms with Gasteiger partial charge in [-0.2, -0.15) is 0 Å². The lowest BCUT2D eigenvalue weighted by molar-refractivity contribution is -0.149. The summed E-state index contributed by atoms with van der Waals surface area (Å²) in [6, 6.07) is 0.836. The summed E-state index contributed by atoms with van der Waals surface area (Å²) in [7, 11) is 0. The van der Waals surface area contributed by atoms with Crippen LogP contribution in [-0.4, -0.2) is 48.2 Å². The molecule has 2 saturated heterocycles. The fourth-order valence-corrected chi connectivity index (χ4v) is 4.28. The van der Waals surface area contributed by atoms with Gasteiger partial charge in [-0.25, -0.2) is 0 Å². The summed E-state index contributed by atoms with van der Waals surface area (Å²) in [4.78, 5) is 15.0. The van der Waals surface area contributed by atoms with E-state index in [1.54, 1.807) is 0 Å². The van der Waals surface area contributed by atoms with Gasteiger partial charge >= 0.3 is 0 Å². The van der Waals surface area contributed by atoms with Crippen molar-refractivity contribution >= 4 is 18.3 Å². The van der Waals surface area contributed by atoms with E-state index in [1.807, 2.05) is 6.92 Å². The molecule has 128 valence electrons. The molecular formula is C17H31ClN2O2. The fraction of sp³-hybridized carbons (Fsp3) is 0.941. The Morgan fingerprint density at radius 1 is 1.05 bits per heavy atom. The van der Waals surface area contributed by atoms with Crippen LogP contribution in [0.25, 0.3) is 0 Å². The Hall–Kier alpha value is -0.320. The normalized spacial score (nSPS) is 31.0. The minimum absolute atomic E-state index is 0. The van der Waals surface area contributed by atoms with Crippen LogP contribution in [-0.2, 0) is 9.53 Å². The highest BCUT2D eigenvalue weighted by Crippen LogP contribution is 2.29. The molecular weight excluding hydrogens is 300 g/mol. The number of nitrogens with zero attached hydrogens (tertiary/aromatic N) is 1. The summed E-state index contributed by atoms with van der Waals surface area (Å²) < 4.78 is 6.14. The van der Waals surface area contributed by atoms with E-state index in [0.717, 1.165) is 38.8 Å². The maximum Gasteiger partial charge on any atom is 0.251 e. The molecule has 2 heterocycles. The summed E-state index contributed by atoms with van der Waals surface area (Å²) in [6.07, 6.45) is 10.9. The van der Waals surface area contributed by atoms with Crippen LogP contribution in [0.3, 0.4) is 0 Å². The highest BCUT2D eigenvalue weighted by atomic mass is 35.5. The Kier molecular flexibility index (Phi) is 6.97. The third-order valence-corrected chi connectivity index (χ3v) is 5.46. The molecule has 1 N–H and O–H groups in total. The van der Waals surface area contributed by atoms with Gasteiger partial charge in [0, 0.05) is 18.6 Å². The van der Waals surface area contributed by atoms with Gasteiger partial charge < -0.3 is 15.0 Å². The number of amides is 1. The van der Waals surface area contributed by atoms with Gasteiger partial charge in [-0.05, 0) is 45.6 Å². The Morgan fingerprint density at radius 2 is 1.73 bits per heavy atom. The number of hydrogen-bond acceptors (Lipinski definition) is 3. The van der Waals surface area contributed by atoms with Gasteiger partial charge in [-0.15, -0.1) is 12.4 Å². The number of hydrogen-bond donors (Lipinski definition) is 1. The molecule has 0 radical (unpaired) electrons. The van der Waals surface area contributed by atoms with E-state index in [-0.39, 0.29) is 24.4 Å². The van der Waals surface area contributed by atoms with Crippen LogP contribution < -0.4 is 5.32 Å². The largest absolute Gasteiger partial charge is 0.365 e. The van der Waals surface area contributed by atoms with E-state index in [1.165, 1.54) is 32.1 Å². The minimum atomic E-state index is -0.269. The van der Waals surface area contributed by atoms with Crippen LogP contribution in [0.15, 0.2) is 0 Å². The third-order valence-electron chi connectivity index (χ3n) is 5.46. The average molecular weight is 331 g/mol. The van der Waals surface area contributed by atoms with Gasteiger partial charge in [0.05, 0.1) is 6.10 Å². The first kappa shape index (κ1) is 18.0. The smallest absolute Gasteiger partial charge is 0.251 e. The van der Waals surface area contributed by atoms with Gasteiger partial charge in [-0.3, -0.25) is 4.79 Å². The number of rotatable bonds is 3. The van der Waals surface area contributed by atoms with Crippen molar-refractivity contribution in [2.75, 3.05) is 13.1 Å². The van der Waals surface area contributed by atoms with Crippen LogP contribution in [0.1, 0.15) is 64.7 Å². The molecule has 3 atom stereocenters. The first-order chi connectivity index (χ1) is 10.3. The Bertz CT molecular complexity index is 345. The number of nitrogens with one attached hydrogen (secondary N) is 1. The molecule has 22 heavy (non-hydrogen) atoms. The van der Waals surface area contributed by atoms with Crippen molar-refractivity contribution in [1.29, 1.82) is 0 Å². The summed E-state index contributed by atoms with van der Waals surface area (Å²) >= 11 is 0. The summed E-state index contributed by atoms with van der Waals surface area (Å²) in [5, 5.41) is 3.46. The summed E-state index contributed by atoms with van der Waals surface area (Å²) in [5.74, 6) is 0.232. The molecule has 1 aliphatic carbocycles. The zero-order valence-corrected chi connectivity index (χ0v) is 14.6. The first-order valence-electron chi connectivity index (χ1n) is 8.94. The third kappa shape index (κ3) is 4.15.